The molecule has 1 atom stereocenters. The van der Waals surface area contributed by atoms with Crippen molar-refractivity contribution in [1.29, 1.82) is 0 Å². The number of fused-ring (bicyclic) bond motifs is 3. The van der Waals surface area contributed by atoms with Gasteiger partial charge in [-0.25, -0.2) is 4.98 Å². The summed E-state index contributed by atoms with van der Waals surface area (Å²) in [6.07, 6.45) is 5.43. The van der Waals surface area contributed by atoms with Crippen LogP contribution in [0.15, 0.2) is 42.6 Å². The van der Waals surface area contributed by atoms with Crippen LogP contribution in [0.2, 0.25) is 0 Å². The van der Waals surface area contributed by atoms with E-state index in [0.717, 1.165) is 42.8 Å². The predicted molar refractivity (Wildman–Crippen MR) is 105 cm³/mol. The highest BCUT2D eigenvalue weighted by atomic mass is 16.5. The van der Waals surface area contributed by atoms with Crippen LogP contribution in [-0.2, 0) is 24.1 Å². The molecule has 2 heterocycles. The smallest absolute Gasteiger partial charge is 0.223 e. The average molecular weight is 363 g/mol. The first-order valence-corrected chi connectivity index (χ1v) is 9.51. The largest absolute Gasteiger partial charge is 0.497 e. The van der Waals surface area contributed by atoms with Crippen LogP contribution in [0, 0.1) is 12.8 Å². The van der Waals surface area contributed by atoms with E-state index in [-0.39, 0.29) is 11.8 Å². The molecule has 4 rings (SSSR count). The summed E-state index contributed by atoms with van der Waals surface area (Å²) in [5.41, 5.74) is 5.71. The third kappa shape index (κ3) is 3.68. The van der Waals surface area contributed by atoms with Crippen LogP contribution in [-0.4, -0.2) is 28.9 Å². The number of nitrogens with one attached hydrogen (secondary N) is 1. The van der Waals surface area contributed by atoms with Gasteiger partial charge < -0.3 is 14.5 Å². The van der Waals surface area contributed by atoms with E-state index < -0.39 is 0 Å². The number of nitrogens with zero attached hydrogens (tertiary/aromatic N) is 2. The molecule has 140 valence electrons. The Morgan fingerprint density at radius 2 is 2.07 bits per heavy atom. The van der Waals surface area contributed by atoms with Gasteiger partial charge in [0, 0.05) is 30.8 Å². The lowest BCUT2D eigenvalue weighted by Gasteiger charge is -2.21. The normalized spacial score (nSPS) is 16.1. The molecule has 0 saturated carbocycles. The summed E-state index contributed by atoms with van der Waals surface area (Å²) in [5.74, 6) is 1.02. The van der Waals surface area contributed by atoms with Crippen LogP contribution in [0.1, 0.15) is 28.9 Å². The summed E-state index contributed by atoms with van der Waals surface area (Å²) in [4.78, 5) is 17.4. The molecule has 3 aromatic rings. The molecule has 0 spiro atoms. The SMILES string of the molecule is COc1ccc(CCNC(=O)C2CCc3nc4ccc(C)cn4c3C2)cc1. The summed E-state index contributed by atoms with van der Waals surface area (Å²) in [7, 11) is 1.66. The Labute approximate surface area is 159 Å². The Morgan fingerprint density at radius 1 is 1.26 bits per heavy atom. The molecular formula is C22H25N3O2. The van der Waals surface area contributed by atoms with Gasteiger partial charge in [0.25, 0.3) is 0 Å². The third-order valence-corrected chi connectivity index (χ3v) is 5.36. The van der Waals surface area contributed by atoms with Crippen molar-refractivity contribution in [2.75, 3.05) is 13.7 Å². The molecule has 1 N–H and O–H groups in total. The van der Waals surface area contributed by atoms with Gasteiger partial charge in [0.1, 0.15) is 11.4 Å². The summed E-state index contributed by atoms with van der Waals surface area (Å²) < 4.78 is 7.33. The summed E-state index contributed by atoms with van der Waals surface area (Å²) in [6.45, 7) is 2.73. The number of amides is 1. The molecule has 0 bridgehead atoms. The van der Waals surface area contributed by atoms with Gasteiger partial charge in [-0.3, -0.25) is 4.79 Å². The molecule has 27 heavy (non-hydrogen) atoms. The van der Waals surface area contributed by atoms with Gasteiger partial charge in [-0.15, -0.1) is 0 Å². The number of ether oxygens (including phenoxy) is 1. The number of methoxy groups -OCH3 is 1. The van der Waals surface area contributed by atoms with E-state index in [4.69, 9.17) is 9.72 Å². The summed E-state index contributed by atoms with van der Waals surface area (Å²) in [5, 5.41) is 3.11. The first-order valence-electron chi connectivity index (χ1n) is 9.51. The number of hydrogen-bond donors (Lipinski definition) is 1. The third-order valence-electron chi connectivity index (χ3n) is 5.36. The minimum atomic E-state index is 0.0220. The van der Waals surface area contributed by atoms with Gasteiger partial charge in [0.2, 0.25) is 5.91 Å². The lowest BCUT2D eigenvalue weighted by Crippen LogP contribution is -2.35. The first-order chi connectivity index (χ1) is 13.1. The van der Waals surface area contributed by atoms with E-state index in [1.165, 1.54) is 16.8 Å². The van der Waals surface area contributed by atoms with Crippen molar-refractivity contribution in [2.24, 2.45) is 5.92 Å². The topological polar surface area (TPSA) is 55.6 Å². The highest BCUT2D eigenvalue weighted by Gasteiger charge is 2.27. The fraction of sp³-hybridized carbons (Fsp3) is 0.364. The minimum Gasteiger partial charge on any atom is -0.497 e. The lowest BCUT2D eigenvalue weighted by molar-refractivity contribution is -0.125. The number of aromatic nitrogens is 2. The fourth-order valence-electron chi connectivity index (χ4n) is 3.80. The molecule has 1 amide bonds. The molecule has 5 heteroatoms. The molecule has 5 nitrogen and oxygen atoms in total. The van der Waals surface area contributed by atoms with Gasteiger partial charge in [0.05, 0.1) is 12.8 Å². The van der Waals surface area contributed by atoms with Crippen molar-refractivity contribution in [3.63, 3.8) is 0 Å². The van der Waals surface area contributed by atoms with Crippen LogP contribution in [0.25, 0.3) is 5.65 Å². The van der Waals surface area contributed by atoms with E-state index in [1.807, 2.05) is 24.3 Å². The number of carbonyl (C=O) groups is 1. The van der Waals surface area contributed by atoms with Gasteiger partial charge >= 0.3 is 0 Å². The molecule has 1 unspecified atom stereocenters. The standard InChI is InChI=1S/C22H25N3O2/c1-15-3-10-21-24-19-9-6-17(13-20(19)25(21)14-15)22(26)23-12-11-16-4-7-18(27-2)8-5-16/h3-5,7-8,10,14,17H,6,9,11-13H2,1-2H3,(H,23,26). The van der Waals surface area contributed by atoms with Crippen LogP contribution in [0.3, 0.4) is 0 Å². The Balaban J connectivity index is 1.37. The van der Waals surface area contributed by atoms with E-state index in [9.17, 15) is 4.79 Å². The van der Waals surface area contributed by atoms with Gasteiger partial charge in [-0.05, 0) is 55.5 Å². The Morgan fingerprint density at radius 3 is 2.85 bits per heavy atom. The maximum Gasteiger partial charge on any atom is 0.223 e. The zero-order valence-corrected chi connectivity index (χ0v) is 15.9. The second-order valence-electron chi connectivity index (χ2n) is 7.27. The number of rotatable bonds is 5. The van der Waals surface area contributed by atoms with Crippen molar-refractivity contribution in [3.8, 4) is 5.75 Å². The van der Waals surface area contributed by atoms with E-state index in [1.54, 1.807) is 7.11 Å². The number of benzene rings is 1. The maximum atomic E-state index is 12.7. The Hall–Kier alpha value is -2.82. The monoisotopic (exact) mass is 363 g/mol. The zero-order chi connectivity index (χ0) is 18.8. The number of hydrogen-bond acceptors (Lipinski definition) is 3. The molecule has 0 radical (unpaired) electrons. The highest BCUT2D eigenvalue weighted by molar-refractivity contribution is 5.79. The molecule has 0 aliphatic heterocycles. The minimum absolute atomic E-state index is 0.0220. The van der Waals surface area contributed by atoms with Crippen LogP contribution in [0.4, 0.5) is 0 Å². The van der Waals surface area contributed by atoms with E-state index in [0.29, 0.717) is 6.54 Å². The molecule has 0 saturated heterocycles. The van der Waals surface area contributed by atoms with Crippen LogP contribution >= 0.6 is 0 Å². The predicted octanol–water partition coefficient (Wildman–Crippen LogP) is 3.12. The molecule has 1 aromatic carbocycles. The van der Waals surface area contributed by atoms with Crippen LogP contribution in [0.5, 0.6) is 5.75 Å². The second-order valence-corrected chi connectivity index (χ2v) is 7.27. The quantitative estimate of drug-likeness (QED) is 0.758. The Kier molecular flexibility index (Phi) is 4.84. The molecule has 1 aliphatic carbocycles. The number of pyridine rings is 1. The van der Waals surface area contributed by atoms with Gasteiger partial charge in [-0.2, -0.15) is 0 Å². The first kappa shape index (κ1) is 17.6. The molecule has 2 aromatic heterocycles. The summed E-state index contributed by atoms with van der Waals surface area (Å²) >= 11 is 0. The Bertz CT molecular complexity index is 960. The molecular weight excluding hydrogens is 338 g/mol. The molecule has 0 fully saturated rings. The van der Waals surface area contributed by atoms with Crippen molar-refractivity contribution in [1.82, 2.24) is 14.7 Å². The van der Waals surface area contributed by atoms with E-state index in [2.05, 4.69) is 35.0 Å². The highest BCUT2D eigenvalue weighted by Crippen LogP contribution is 2.27. The fourth-order valence-corrected chi connectivity index (χ4v) is 3.80. The van der Waals surface area contributed by atoms with Gasteiger partial charge in [0.15, 0.2) is 0 Å². The van der Waals surface area contributed by atoms with Crippen molar-refractivity contribution < 1.29 is 9.53 Å². The van der Waals surface area contributed by atoms with Crippen molar-refractivity contribution >= 4 is 11.6 Å². The van der Waals surface area contributed by atoms with E-state index >= 15 is 0 Å². The lowest BCUT2D eigenvalue weighted by atomic mass is 9.89. The van der Waals surface area contributed by atoms with Gasteiger partial charge in [-0.1, -0.05) is 18.2 Å². The molecule has 1 aliphatic rings. The summed E-state index contributed by atoms with van der Waals surface area (Å²) in [6, 6.07) is 12.1. The number of imidazole rings is 1. The van der Waals surface area contributed by atoms with Crippen molar-refractivity contribution in [2.45, 2.75) is 32.6 Å². The zero-order valence-electron chi connectivity index (χ0n) is 15.9. The van der Waals surface area contributed by atoms with Crippen LogP contribution < -0.4 is 10.1 Å². The second kappa shape index (κ2) is 7.43. The number of aryl methyl sites for hydroxylation is 2. The maximum absolute atomic E-state index is 12.7. The average Bonchev–Trinajstić information content (AvgIpc) is 3.05. The number of carbonyl (C=O) groups excluding carboxylic acids is 1. The van der Waals surface area contributed by atoms with Crippen molar-refractivity contribution in [3.05, 3.63) is 65.1 Å².